The van der Waals surface area contributed by atoms with Crippen molar-refractivity contribution in [3.8, 4) is 5.88 Å². The molecule has 1 rings (SSSR count). The van der Waals surface area contributed by atoms with Gasteiger partial charge in [-0.2, -0.15) is 0 Å². The number of halogens is 1. The summed E-state index contributed by atoms with van der Waals surface area (Å²) >= 11 is 5.91. The van der Waals surface area contributed by atoms with Crippen LogP contribution in [0.25, 0.3) is 0 Å². The zero-order valence-electron chi connectivity index (χ0n) is 9.28. The van der Waals surface area contributed by atoms with Gasteiger partial charge in [-0.05, 0) is 19.9 Å². The molecule has 0 aliphatic carbocycles. The molecule has 16 heavy (non-hydrogen) atoms. The number of hydrogen-bond acceptors (Lipinski definition) is 4. The number of pyridine rings is 1. The van der Waals surface area contributed by atoms with Gasteiger partial charge in [0.1, 0.15) is 5.02 Å². The lowest BCUT2D eigenvalue weighted by atomic mass is 10.3. The van der Waals surface area contributed by atoms with E-state index in [1.54, 1.807) is 0 Å². The smallest absolute Gasteiger partial charge is 0.276 e. The number of hydrogen-bond donors (Lipinski definition) is 1. The third-order valence-corrected chi connectivity index (χ3v) is 1.88. The Kier molecular flexibility index (Phi) is 4.52. The molecule has 0 unspecified atom stereocenters. The molecular formula is C10H13ClN2O3. The number of carbonyl (C=O) groups excluding carboxylic acids is 1. The van der Waals surface area contributed by atoms with Crippen molar-refractivity contribution < 1.29 is 14.4 Å². The summed E-state index contributed by atoms with van der Waals surface area (Å²) in [6.45, 7) is 3.73. The van der Waals surface area contributed by atoms with Crippen molar-refractivity contribution in [2.45, 2.75) is 20.0 Å². The molecule has 0 fully saturated rings. The lowest BCUT2D eigenvalue weighted by Crippen LogP contribution is -2.22. The van der Waals surface area contributed by atoms with E-state index in [0.29, 0.717) is 11.4 Å². The highest BCUT2D eigenvalue weighted by molar-refractivity contribution is 6.32. The molecule has 88 valence electrons. The van der Waals surface area contributed by atoms with Gasteiger partial charge >= 0.3 is 0 Å². The van der Waals surface area contributed by atoms with Crippen LogP contribution in [0.5, 0.6) is 5.88 Å². The minimum atomic E-state index is -0.409. The second kappa shape index (κ2) is 5.67. The number of amides is 1. The van der Waals surface area contributed by atoms with Crippen molar-refractivity contribution >= 4 is 17.5 Å². The first-order valence-corrected chi connectivity index (χ1v) is 5.08. The van der Waals surface area contributed by atoms with Crippen LogP contribution in [0.3, 0.4) is 0 Å². The van der Waals surface area contributed by atoms with Crippen LogP contribution in [-0.4, -0.2) is 24.1 Å². The van der Waals surface area contributed by atoms with E-state index in [-0.39, 0.29) is 11.1 Å². The Hall–Kier alpha value is -1.33. The zero-order valence-corrected chi connectivity index (χ0v) is 10.0. The standard InChI is InChI=1S/C10H13ClN2O3/c1-6(2)16-10-8(11)4-7(5-12-10)9(14)13-15-3/h4-6H,1-3H3,(H,13,14). The van der Waals surface area contributed by atoms with Crippen LogP contribution in [-0.2, 0) is 4.84 Å². The molecule has 0 bridgehead atoms. The van der Waals surface area contributed by atoms with Crippen molar-refractivity contribution in [1.29, 1.82) is 0 Å². The molecule has 0 aromatic carbocycles. The summed E-state index contributed by atoms with van der Waals surface area (Å²) in [4.78, 5) is 19.8. The van der Waals surface area contributed by atoms with Gasteiger partial charge < -0.3 is 4.74 Å². The number of ether oxygens (including phenoxy) is 1. The monoisotopic (exact) mass is 244 g/mol. The maximum Gasteiger partial charge on any atom is 0.276 e. The lowest BCUT2D eigenvalue weighted by molar-refractivity contribution is 0.0537. The molecule has 0 aliphatic rings. The average molecular weight is 245 g/mol. The summed E-state index contributed by atoms with van der Waals surface area (Å²) in [6, 6.07) is 1.47. The van der Waals surface area contributed by atoms with E-state index in [9.17, 15) is 4.79 Å². The first kappa shape index (κ1) is 12.7. The fourth-order valence-corrected chi connectivity index (χ4v) is 1.22. The predicted molar refractivity (Wildman–Crippen MR) is 59.5 cm³/mol. The Labute approximate surface area is 98.7 Å². The van der Waals surface area contributed by atoms with Crippen LogP contribution < -0.4 is 10.2 Å². The Bertz CT molecular complexity index is 382. The molecule has 1 heterocycles. The number of rotatable bonds is 4. The Morgan fingerprint density at radius 1 is 1.56 bits per heavy atom. The van der Waals surface area contributed by atoms with Gasteiger partial charge in [0.05, 0.1) is 18.8 Å². The van der Waals surface area contributed by atoms with Crippen molar-refractivity contribution in [2.75, 3.05) is 7.11 Å². The van der Waals surface area contributed by atoms with Crippen molar-refractivity contribution in [3.05, 3.63) is 22.8 Å². The molecule has 5 nitrogen and oxygen atoms in total. The number of nitrogens with one attached hydrogen (secondary N) is 1. The molecule has 1 N–H and O–H groups in total. The van der Waals surface area contributed by atoms with Crippen LogP contribution in [0.2, 0.25) is 5.02 Å². The topological polar surface area (TPSA) is 60.5 Å². The number of hydroxylamine groups is 1. The van der Waals surface area contributed by atoms with E-state index in [1.165, 1.54) is 19.4 Å². The van der Waals surface area contributed by atoms with E-state index >= 15 is 0 Å². The highest BCUT2D eigenvalue weighted by Gasteiger charge is 2.11. The fourth-order valence-electron chi connectivity index (χ4n) is 1.01. The van der Waals surface area contributed by atoms with E-state index in [1.807, 2.05) is 13.8 Å². The van der Waals surface area contributed by atoms with E-state index in [0.717, 1.165) is 0 Å². The molecule has 0 radical (unpaired) electrons. The highest BCUT2D eigenvalue weighted by Crippen LogP contribution is 2.23. The molecule has 1 aromatic heterocycles. The molecule has 0 atom stereocenters. The number of carbonyl (C=O) groups is 1. The maximum absolute atomic E-state index is 11.4. The van der Waals surface area contributed by atoms with Crippen LogP contribution in [0, 0.1) is 0 Å². The van der Waals surface area contributed by atoms with Crippen LogP contribution in [0.1, 0.15) is 24.2 Å². The molecule has 0 saturated carbocycles. The van der Waals surface area contributed by atoms with Gasteiger partial charge in [-0.15, -0.1) is 0 Å². The summed E-state index contributed by atoms with van der Waals surface area (Å²) in [5, 5.41) is 0.289. The van der Waals surface area contributed by atoms with E-state index < -0.39 is 5.91 Å². The molecule has 0 aliphatic heterocycles. The summed E-state index contributed by atoms with van der Waals surface area (Å²) in [7, 11) is 1.35. The van der Waals surface area contributed by atoms with Gasteiger partial charge in [-0.3, -0.25) is 9.63 Å². The van der Waals surface area contributed by atoms with Crippen molar-refractivity contribution in [3.63, 3.8) is 0 Å². The minimum Gasteiger partial charge on any atom is -0.474 e. The molecule has 1 aromatic rings. The minimum absolute atomic E-state index is 0.0244. The number of aromatic nitrogens is 1. The second-order valence-electron chi connectivity index (χ2n) is 3.31. The highest BCUT2D eigenvalue weighted by atomic mass is 35.5. The second-order valence-corrected chi connectivity index (χ2v) is 3.72. The van der Waals surface area contributed by atoms with Gasteiger partial charge in [0.15, 0.2) is 0 Å². The lowest BCUT2D eigenvalue weighted by Gasteiger charge is -2.10. The first-order valence-electron chi connectivity index (χ1n) is 4.70. The van der Waals surface area contributed by atoms with Gasteiger partial charge in [-0.25, -0.2) is 10.5 Å². The van der Waals surface area contributed by atoms with Crippen molar-refractivity contribution in [1.82, 2.24) is 10.5 Å². The largest absolute Gasteiger partial charge is 0.474 e. The molecular weight excluding hydrogens is 232 g/mol. The van der Waals surface area contributed by atoms with Crippen LogP contribution in [0.4, 0.5) is 0 Å². The summed E-state index contributed by atoms with van der Waals surface area (Å²) in [5.41, 5.74) is 2.48. The molecule has 6 heteroatoms. The Balaban J connectivity index is 2.86. The molecule has 0 saturated heterocycles. The van der Waals surface area contributed by atoms with E-state index in [4.69, 9.17) is 16.3 Å². The third kappa shape index (κ3) is 3.36. The first-order chi connectivity index (χ1) is 7.54. The quantitative estimate of drug-likeness (QED) is 0.821. The zero-order chi connectivity index (χ0) is 12.1. The van der Waals surface area contributed by atoms with E-state index in [2.05, 4.69) is 15.3 Å². The summed E-state index contributed by atoms with van der Waals surface area (Å²) in [6.07, 6.45) is 1.35. The van der Waals surface area contributed by atoms with Crippen LogP contribution >= 0.6 is 11.6 Å². The predicted octanol–water partition coefficient (Wildman–Crippen LogP) is 1.81. The third-order valence-electron chi connectivity index (χ3n) is 1.61. The van der Waals surface area contributed by atoms with Crippen LogP contribution in [0.15, 0.2) is 12.3 Å². The maximum atomic E-state index is 11.4. The fraction of sp³-hybridized carbons (Fsp3) is 0.400. The molecule has 0 spiro atoms. The van der Waals surface area contributed by atoms with Gasteiger partial charge in [0.25, 0.3) is 5.91 Å². The van der Waals surface area contributed by atoms with Gasteiger partial charge in [0.2, 0.25) is 5.88 Å². The van der Waals surface area contributed by atoms with Gasteiger partial charge in [0, 0.05) is 6.20 Å². The van der Waals surface area contributed by atoms with Crippen molar-refractivity contribution in [2.24, 2.45) is 0 Å². The summed E-state index contributed by atoms with van der Waals surface area (Å²) < 4.78 is 5.33. The normalized spacial score (nSPS) is 10.3. The number of nitrogens with zero attached hydrogens (tertiary/aromatic N) is 1. The SMILES string of the molecule is CONC(=O)c1cnc(OC(C)C)c(Cl)c1. The Morgan fingerprint density at radius 3 is 2.75 bits per heavy atom. The Morgan fingerprint density at radius 2 is 2.25 bits per heavy atom. The molecule has 1 amide bonds. The average Bonchev–Trinajstić information content (AvgIpc) is 2.20. The summed E-state index contributed by atoms with van der Waals surface area (Å²) in [5.74, 6) is -0.0985. The van der Waals surface area contributed by atoms with Gasteiger partial charge in [-0.1, -0.05) is 11.6 Å².